The molecule has 8 heteroatoms. The van der Waals surface area contributed by atoms with Crippen LogP contribution in [-0.4, -0.2) is 27.3 Å². The summed E-state index contributed by atoms with van der Waals surface area (Å²) in [7, 11) is 0. The number of halogens is 1. The minimum Gasteiger partial charge on any atom is -0.378 e. The smallest absolute Gasteiger partial charge is 0.265 e. The average molecular weight is 416 g/mol. The van der Waals surface area contributed by atoms with Gasteiger partial charge in [0.25, 0.3) is 11.8 Å². The lowest BCUT2D eigenvalue weighted by molar-refractivity contribution is -0.140. The SMILES string of the molecule is Cc1ccc(CN2C(=O)C(O)(C3SC(N)=NC3=O)c3cc(Cl)ccc32)c(C)c1. The van der Waals surface area contributed by atoms with Gasteiger partial charge in [-0.1, -0.05) is 47.1 Å². The van der Waals surface area contributed by atoms with E-state index < -0.39 is 22.7 Å². The lowest BCUT2D eigenvalue weighted by Crippen LogP contribution is -2.49. The number of thioether (sulfide) groups is 1. The molecule has 2 heterocycles. The summed E-state index contributed by atoms with van der Waals surface area (Å²) >= 11 is 7.03. The zero-order valence-corrected chi connectivity index (χ0v) is 16.8. The van der Waals surface area contributed by atoms with Crippen molar-refractivity contribution in [3.63, 3.8) is 0 Å². The zero-order valence-electron chi connectivity index (χ0n) is 15.3. The molecule has 4 rings (SSSR count). The van der Waals surface area contributed by atoms with Crippen molar-refractivity contribution < 1.29 is 14.7 Å². The molecule has 0 radical (unpaired) electrons. The van der Waals surface area contributed by atoms with Crippen LogP contribution in [0.1, 0.15) is 22.3 Å². The minimum absolute atomic E-state index is 0.0348. The van der Waals surface area contributed by atoms with Gasteiger partial charge >= 0.3 is 0 Å². The molecule has 2 unspecified atom stereocenters. The van der Waals surface area contributed by atoms with Crippen LogP contribution < -0.4 is 10.6 Å². The van der Waals surface area contributed by atoms with Crippen LogP contribution in [0.5, 0.6) is 0 Å². The molecule has 2 aliphatic heterocycles. The summed E-state index contributed by atoms with van der Waals surface area (Å²) in [5, 5.41) is 10.7. The van der Waals surface area contributed by atoms with Crippen molar-refractivity contribution in [2.75, 3.05) is 4.90 Å². The predicted octanol–water partition coefficient (Wildman–Crippen LogP) is 2.65. The summed E-state index contributed by atoms with van der Waals surface area (Å²) in [6, 6.07) is 10.8. The van der Waals surface area contributed by atoms with Gasteiger partial charge in [0.15, 0.2) is 10.8 Å². The quantitative estimate of drug-likeness (QED) is 0.803. The predicted molar refractivity (Wildman–Crippen MR) is 110 cm³/mol. The Hall–Kier alpha value is -2.35. The third-order valence-corrected chi connectivity index (χ3v) is 6.47. The molecule has 2 aromatic carbocycles. The number of aliphatic imine (C=N–C) groups is 1. The van der Waals surface area contributed by atoms with Crippen LogP contribution in [0.3, 0.4) is 0 Å². The number of carbonyl (C=O) groups is 2. The molecular formula is C20H18ClN3O3S. The maximum Gasteiger partial charge on any atom is 0.265 e. The van der Waals surface area contributed by atoms with Gasteiger partial charge in [0.2, 0.25) is 0 Å². The molecule has 144 valence electrons. The highest BCUT2D eigenvalue weighted by molar-refractivity contribution is 8.15. The van der Waals surface area contributed by atoms with Gasteiger partial charge in [0, 0.05) is 10.6 Å². The molecule has 2 aromatic rings. The first-order valence-electron chi connectivity index (χ1n) is 8.67. The number of nitrogens with zero attached hydrogens (tertiary/aromatic N) is 2. The van der Waals surface area contributed by atoms with Crippen molar-refractivity contribution in [2.45, 2.75) is 31.2 Å². The van der Waals surface area contributed by atoms with Crippen LogP contribution >= 0.6 is 23.4 Å². The molecule has 0 aromatic heterocycles. The molecule has 0 bridgehead atoms. The Labute approximate surface area is 171 Å². The van der Waals surface area contributed by atoms with Crippen molar-refractivity contribution in [1.82, 2.24) is 0 Å². The van der Waals surface area contributed by atoms with E-state index in [1.807, 2.05) is 32.0 Å². The van der Waals surface area contributed by atoms with E-state index in [1.165, 1.54) is 11.0 Å². The zero-order chi connectivity index (χ0) is 20.2. The Bertz CT molecular complexity index is 1050. The molecule has 6 nitrogen and oxygen atoms in total. The van der Waals surface area contributed by atoms with Crippen LogP contribution in [0.25, 0.3) is 0 Å². The molecule has 2 aliphatic rings. The number of amides is 2. The third kappa shape index (κ3) is 2.82. The topological polar surface area (TPSA) is 96.0 Å². The second-order valence-electron chi connectivity index (χ2n) is 7.04. The van der Waals surface area contributed by atoms with Gasteiger partial charge in [-0.25, -0.2) is 0 Å². The lowest BCUT2D eigenvalue weighted by Gasteiger charge is -2.27. The van der Waals surface area contributed by atoms with Gasteiger partial charge in [0.05, 0.1) is 12.2 Å². The highest BCUT2D eigenvalue weighted by Gasteiger charge is 2.59. The number of fused-ring (bicyclic) bond motifs is 1. The summed E-state index contributed by atoms with van der Waals surface area (Å²) in [6.45, 7) is 4.24. The average Bonchev–Trinajstić information content (AvgIpc) is 3.07. The van der Waals surface area contributed by atoms with E-state index in [-0.39, 0.29) is 11.7 Å². The van der Waals surface area contributed by atoms with E-state index in [0.717, 1.165) is 28.5 Å². The van der Waals surface area contributed by atoms with E-state index in [9.17, 15) is 14.7 Å². The number of hydrogen-bond acceptors (Lipinski definition) is 5. The number of hydrogen-bond donors (Lipinski definition) is 2. The van der Waals surface area contributed by atoms with E-state index in [4.69, 9.17) is 17.3 Å². The molecule has 0 spiro atoms. The van der Waals surface area contributed by atoms with Crippen LogP contribution in [0, 0.1) is 13.8 Å². The number of aryl methyl sites for hydroxylation is 2. The van der Waals surface area contributed by atoms with E-state index >= 15 is 0 Å². The molecular weight excluding hydrogens is 398 g/mol. The second-order valence-corrected chi connectivity index (χ2v) is 8.60. The Morgan fingerprint density at radius 1 is 1.25 bits per heavy atom. The number of nitrogens with two attached hydrogens (primary N) is 1. The largest absolute Gasteiger partial charge is 0.378 e. The van der Waals surface area contributed by atoms with Crippen molar-refractivity contribution >= 4 is 46.0 Å². The van der Waals surface area contributed by atoms with Crippen LogP contribution in [0.15, 0.2) is 41.4 Å². The second kappa shape index (κ2) is 6.62. The summed E-state index contributed by atoms with van der Waals surface area (Å²) in [5.41, 5.74) is 7.51. The summed E-state index contributed by atoms with van der Waals surface area (Å²) in [6.07, 6.45) is 0. The Morgan fingerprint density at radius 2 is 2.00 bits per heavy atom. The van der Waals surface area contributed by atoms with Crippen molar-refractivity contribution in [1.29, 1.82) is 0 Å². The fourth-order valence-corrected chi connectivity index (χ4v) is 4.82. The van der Waals surface area contributed by atoms with Crippen molar-refractivity contribution in [2.24, 2.45) is 10.7 Å². The molecule has 0 saturated carbocycles. The third-order valence-electron chi connectivity index (χ3n) is 5.12. The molecule has 3 N–H and O–H groups in total. The summed E-state index contributed by atoms with van der Waals surface area (Å²) < 4.78 is 0. The van der Waals surface area contributed by atoms with E-state index in [0.29, 0.717) is 16.3 Å². The highest BCUT2D eigenvalue weighted by atomic mass is 35.5. The van der Waals surface area contributed by atoms with Crippen LogP contribution in [0.2, 0.25) is 5.02 Å². The van der Waals surface area contributed by atoms with E-state index in [1.54, 1.807) is 12.1 Å². The highest BCUT2D eigenvalue weighted by Crippen LogP contribution is 2.48. The summed E-state index contributed by atoms with van der Waals surface area (Å²) in [5.74, 6) is -1.21. The molecule has 28 heavy (non-hydrogen) atoms. The van der Waals surface area contributed by atoms with Gasteiger partial charge in [-0.05, 0) is 43.2 Å². The fraction of sp³-hybridized carbons (Fsp3) is 0.250. The van der Waals surface area contributed by atoms with Crippen molar-refractivity contribution in [3.8, 4) is 0 Å². The Morgan fingerprint density at radius 3 is 2.64 bits per heavy atom. The first-order valence-corrected chi connectivity index (χ1v) is 9.92. The van der Waals surface area contributed by atoms with Gasteiger partial charge in [-0.2, -0.15) is 4.99 Å². The maximum absolute atomic E-state index is 13.4. The van der Waals surface area contributed by atoms with Crippen LogP contribution in [0.4, 0.5) is 5.69 Å². The normalized spacial score (nSPS) is 23.9. The fourth-order valence-electron chi connectivity index (χ4n) is 3.71. The number of anilines is 1. The van der Waals surface area contributed by atoms with Gasteiger partial charge in [-0.15, -0.1) is 0 Å². The van der Waals surface area contributed by atoms with Crippen molar-refractivity contribution in [3.05, 3.63) is 63.7 Å². The molecule has 2 atom stereocenters. The van der Waals surface area contributed by atoms with Gasteiger partial charge in [0.1, 0.15) is 5.25 Å². The molecule has 0 saturated heterocycles. The first kappa shape index (κ1) is 19.0. The summed E-state index contributed by atoms with van der Waals surface area (Å²) in [4.78, 5) is 30.9. The maximum atomic E-state index is 13.4. The number of carbonyl (C=O) groups excluding carboxylic acids is 2. The van der Waals surface area contributed by atoms with Gasteiger partial charge in [-0.3, -0.25) is 9.59 Å². The van der Waals surface area contributed by atoms with Crippen LogP contribution in [-0.2, 0) is 21.7 Å². The number of amidine groups is 1. The molecule has 2 amide bonds. The van der Waals surface area contributed by atoms with Gasteiger partial charge < -0.3 is 15.7 Å². The standard InChI is InChI=1S/C20H18ClN3O3S/c1-10-3-4-12(11(2)7-10)9-24-15-6-5-13(21)8-14(15)20(27,18(24)26)16-17(25)23-19(22)28-16/h3-8,16,27H,9H2,1-2H3,(H2,22,23,25). The monoisotopic (exact) mass is 415 g/mol. The first-order chi connectivity index (χ1) is 13.2. The number of aliphatic hydroxyl groups is 1. The minimum atomic E-state index is -2.08. The number of rotatable bonds is 3. The molecule has 0 fully saturated rings. The Balaban J connectivity index is 1.80. The lowest BCUT2D eigenvalue weighted by atomic mass is 9.91. The van der Waals surface area contributed by atoms with E-state index in [2.05, 4.69) is 4.99 Å². The Kier molecular flexibility index (Phi) is 4.49. The molecule has 0 aliphatic carbocycles. The number of benzene rings is 2.